The van der Waals surface area contributed by atoms with Gasteiger partial charge in [0.2, 0.25) is 0 Å². The lowest BCUT2D eigenvalue weighted by atomic mass is 10.4. The zero-order valence-electron chi connectivity index (χ0n) is 7.59. The van der Waals surface area contributed by atoms with E-state index in [1.54, 1.807) is 24.5 Å². The standard InChI is InChI=1S/C9H7ClN4O/c10-8-7(2-1-3-12-8)13-9(15)14-5-4-11-6-14/h1-6H,(H,13,15). The average Bonchev–Trinajstić information content (AvgIpc) is 2.74. The zero-order chi connectivity index (χ0) is 10.7. The van der Waals surface area contributed by atoms with Crippen LogP contribution in [0.5, 0.6) is 0 Å². The van der Waals surface area contributed by atoms with Gasteiger partial charge in [-0.25, -0.2) is 14.8 Å². The third-order valence-corrected chi connectivity index (χ3v) is 2.04. The zero-order valence-corrected chi connectivity index (χ0v) is 8.35. The summed E-state index contributed by atoms with van der Waals surface area (Å²) in [4.78, 5) is 19.2. The minimum Gasteiger partial charge on any atom is -0.304 e. The van der Waals surface area contributed by atoms with Crippen LogP contribution in [0.3, 0.4) is 0 Å². The monoisotopic (exact) mass is 222 g/mol. The molecule has 15 heavy (non-hydrogen) atoms. The molecule has 2 heterocycles. The second-order valence-corrected chi connectivity index (χ2v) is 3.10. The minimum absolute atomic E-state index is 0.256. The second-order valence-electron chi connectivity index (χ2n) is 2.74. The van der Waals surface area contributed by atoms with Crippen LogP contribution >= 0.6 is 11.6 Å². The molecule has 1 amide bonds. The molecule has 0 saturated carbocycles. The van der Waals surface area contributed by atoms with Crippen molar-refractivity contribution in [1.29, 1.82) is 0 Å². The number of carbonyl (C=O) groups is 1. The summed E-state index contributed by atoms with van der Waals surface area (Å²) < 4.78 is 1.31. The quantitative estimate of drug-likeness (QED) is 0.751. The van der Waals surface area contributed by atoms with Crippen LogP contribution in [0, 0.1) is 0 Å². The predicted molar refractivity (Wildman–Crippen MR) is 55.9 cm³/mol. The Balaban J connectivity index is 2.17. The first kappa shape index (κ1) is 9.67. The molecule has 0 aliphatic rings. The maximum atomic E-state index is 11.6. The summed E-state index contributed by atoms with van der Waals surface area (Å²) in [7, 11) is 0. The van der Waals surface area contributed by atoms with Crippen molar-refractivity contribution in [3.05, 3.63) is 42.2 Å². The van der Waals surface area contributed by atoms with Gasteiger partial charge >= 0.3 is 6.03 Å². The molecule has 0 radical (unpaired) electrons. The number of amides is 1. The summed E-state index contributed by atoms with van der Waals surface area (Å²) in [5.74, 6) is 0. The Kier molecular flexibility index (Phi) is 2.64. The van der Waals surface area contributed by atoms with Gasteiger partial charge in [-0.3, -0.25) is 4.57 Å². The lowest BCUT2D eigenvalue weighted by molar-refractivity contribution is 0.253. The van der Waals surface area contributed by atoms with E-state index in [4.69, 9.17) is 11.6 Å². The SMILES string of the molecule is O=C(Nc1cccnc1Cl)n1ccnc1. The van der Waals surface area contributed by atoms with Crippen molar-refractivity contribution < 1.29 is 4.79 Å². The van der Waals surface area contributed by atoms with E-state index in [1.165, 1.54) is 17.1 Å². The van der Waals surface area contributed by atoms with Crippen LogP contribution in [0.1, 0.15) is 0 Å². The molecule has 6 heteroatoms. The molecule has 1 N–H and O–H groups in total. The molecule has 0 spiro atoms. The molecule has 2 rings (SSSR count). The maximum Gasteiger partial charge on any atom is 0.331 e. The van der Waals surface area contributed by atoms with E-state index in [9.17, 15) is 4.79 Å². The fourth-order valence-corrected chi connectivity index (χ4v) is 1.20. The van der Waals surface area contributed by atoms with Crippen LogP contribution in [0.25, 0.3) is 0 Å². The smallest absolute Gasteiger partial charge is 0.304 e. The molecule has 0 aliphatic carbocycles. The normalized spacial score (nSPS) is 9.93. The summed E-state index contributed by atoms with van der Waals surface area (Å²) in [6, 6.07) is 3.03. The molecule has 2 aromatic heterocycles. The Morgan fingerprint density at radius 2 is 2.33 bits per heavy atom. The van der Waals surface area contributed by atoms with Crippen LogP contribution in [0.4, 0.5) is 10.5 Å². The number of aromatic nitrogens is 3. The van der Waals surface area contributed by atoms with E-state index in [0.29, 0.717) is 5.69 Å². The Bertz CT molecular complexity index is 469. The van der Waals surface area contributed by atoms with Crippen LogP contribution in [-0.2, 0) is 0 Å². The van der Waals surface area contributed by atoms with E-state index in [-0.39, 0.29) is 11.2 Å². The third kappa shape index (κ3) is 2.13. The van der Waals surface area contributed by atoms with Gasteiger partial charge in [-0.15, -0.1) is 0 Å². The van der Waals surface area contributed by atoms with Gasteiger partial charge in [-0.2, -0.15) is 0 Å². The number of rotatable bonds is 1. The number of nitrogens with one attached hydrogen (secondary N) is 1. The van der Waals surface area contributed by atoms with Crippen LogP contribution in [-0.4, -0.2) is 20.6 Å². The molecule has 0 unspecified atom stereocenters. The molecule has 0 aromatic carbocycles. The summed E-state index contributed by atoms with van der Waals surface area (Å²) in [6.07, 6.45) is 6.01. The summed E-state index contributed by atoms with van der Waals surface area (Å²) in [6.45, 7) is 0. The van der Waals surface area contributed by atoms with Gasteiger partial charge in [0, 0.05) is 18.6 Å². The van der Waals surface area contributed by atoms with Gasteiger partial charge < -0.3 is 5.32 Å². The van der Waals surface area contributed by atoms with Crippen LogP contribution in [0.2, 0.25) is 5.15 Å². The number of halogens is 1. The highest BCUT2D eigenvalue weighted by Gasteiger charge is 2.06. The lowest BCUT2D eigenvalue weighted by Gasteiger charge is -2.05. The number of imidazole rings is 1. The molecular weight excluding hydrogens is 216 g/mol. The predicted octanol–water partition coefficient (Wildman–Crippen LogP) is 2.01. The van der Waals surface area contributed by atoms with Gasteiger partial charge in [-0.05, 0) is 12.1 Å². The van der Waals surface area contributed by atoms with Gasteiger partial charge in [0.25, 0.3) is 0 Å². The van der Waals surface area contributed by atoms with Gasteiger partial charge in [0.1, 0.15) is 6.33 Å². The molecule has 76 valence electrons. The first-order chi connectivity index (χ1) is 7.27. The fraction of sp³-hybridized carbons (Fsp3) is 0. The minimum atomic E-state index is -0.331. The molecule has 0 atom stereocenters. The maximum absolute atomic E-state index is 11.6. The molecule has 0 aliphatic heterocycles. The highest BCUT2D eigenvalue weighted by molar-refractivity contribution is 6.32. The number of carbonyl (C=O) groups excluding carboxylic acids is 1. The van der Waals surface area contributed by atoms with Gasteiger partial charge in [-0.1, -0.05) is 11.6 Å². The Morgan fingerprint density at radius 1 is 1.47 bits per heavy atom. The Hall–Kier alpha value is -1.88. The first-order valence-corrected chi connectivity index (χ1v) is 4.55. The van der Waals surface area contributed by atoms with E-state index < -0.39 is 0 Å². The number of nitrogens with zero attached hydrogens (tertiary/aromatic N) is 3. The largest absolute Gasteiger partial charge is 0.331 e. The van der Waals surface area contributed by atoms with Crippen molar-refractivity contribution in [2.45, 2.75) is 0 Å². The summed E-state index contributed by atoms with van der Waals surface area (Å²) in [5.41, 5.74) is 0.470. The molecular formula is C9H7ClN4O. The van der Waals surface area contributed by atoms with E-state index in [2.05, 4.69) is 15.3 Å². The van der Waals surface area contributed by atoms with Crippen molar-refractivity contribution in [1.82, 2.24) is 14.5 Å². The third-order valence-electron chi connectivity index (χ3n) is 1.74. The molecule has 0 fully saturated rings. The highest BCUT2D eigenvalue weighted by atomic mass is 35.5. The second kappa shape index (κ2) is 4.10. The average molecular weight is 223 g/mol. The summed E-state index contributed by atoms with van der Waals surface area (Å²) >= 11 is 5.78. The number of hydrogen-bond donors (Lipinski definition) is 1. The number of hydrogen-bond acceptors (Lipinski definition) is 3. The fourth-order valence-electron chi connectivity index (χ4n) is 1.04. The molecule has 5 nitrogen and oxygen atoms in total. The molecule has 0 bridgehead atoms. The Labute approximate surface area is 90.7 Å². The van der Waals surface area contributed by atoms with Gasteiger partial charge in [0.05, 0.1) is 5.69 Å². The van der Waals surface area contributed by atoms with Gasteiger partial charge in [0.15, 0.2) is 5.15 Å². The van der Waals surface area contributed by atoms with Crippen molar-refractivity contribution in [3.63, 3.8) is 0 Å². The van der Waals surface area contributed by atoms with Crippen molar-refractivity contribution in [2.24, 2.45) is 0 Å². The van der Waals surface area contributed by atoms with Crippen LogP contribution < -0.4 is 5.32 Å². The first-order valence-electron chi connectivity index (χ1n) is 4.17. The lowest BCUT2D eigenvalue weighted by Crippen LogP contribution is -2.18. The number of anilines is 1. The van der Waals surface area contributed by atoms with Crippen molar-refractivity contribution in [3.8, 4) is 0 Å². The van der Waals surface area contributed by atoms with Crippen molar-refractivity contribution in [2.75, 3.05) is 5.32 Å². The summed E-state index contributed by atoms with van der Waals surface area (Å²) in [5, 5.41) is 2.86. The molecule has 2 aromatic rings. The van der Waals surface area contributed by atoms with E-state index in [1.807, 2.05) is 0 Å². The number of pyridine rings is 1. The van der Waals surface area contributed by atoms with E-state index >= 15 is 0 Å². The topological polar surface area (TPSA) is 59.8 Å². The van der Waals surface area contributed by atoms with Crippen LogP contribution in [0.15, 0.2) is 37.1 Å². The molecule has 0 saturated heterocycles. The Morgan fingerprint density at radius 3 is 3.00 bits per heavy atom. The van der Waals surface area contributed by atoms with Crippen molar-refractivity contribution >= 4 is 23.3 Å². The van der Waals surface area contributed by atoms with E-state index in [0.717, 1.165) is 0 Å². The highest BCUT2D eigenvalue weighted by Crippen LogP contribution is 2.17.